The molecule has 0 bridgehead atoms. The number of rotatable bonds is 3. The van der Waals surface area contributed by atoms with Gasteiger partial charge in [0, 0.05) is 26.6 Å². The number of cyclic esters (lactones) is 1. The number of allylic oxidation sites excluding steroid dienone is 1. The number of hydrogen-bond donors (Lipinski definition) is 0. The Morgan fingerprint density at radius 3 is 2.42 bits per heavy atom. The molecule has 0 aliphatic carbocycles. The van der Waals surface area contributed by atoms with Gasteiger partial charge in [0.05, 0.1) is 24.0 Å². The standard InChI is InChI=1S/C25H41IO5/c1-16-10-9-11-17(2)23(30-8)19(4)24(28)25(5,6)21(29-7)14-22(27)31-20(13-12-16)18(3)15-26/h12,15,17,19-21,23H,9-11,13-14H2,1-8H3/b16-12-,18-15+. The molecule has 0 aromatic heterocycles. The molecule has 0 amide bonds. The Bertz CT molecular complexity index is 667. The summed E-state index contributed by atoms with van der Waals surface area (Å²) < 4.78 is 19.2. The highest BCUT2D eigenvalue weighted by molar-refractivity contribution is 14.1. The van der Waals surface area contributed by atoms with Gasteiger partial charge in [0.1, 0.15) is 11.9 Å². The van der Waals surface area contributed by atoms with Gasteiger partial charge in [-0.15, -0.1) is 0 Å². The van der Waals surface area contributed by atoms with E-state index in [0.29, 0.717) is 6.42 Å². The number of ketones is 1. The maximum atomic E-state index is 13.5. The van der Waals surface area contributed by atoms with Gasteiger partial charge in [0.15, 0.2) is 0 Å². The maximum absolute atomic E-state index is 13.5. The van der Waals surface area contributed by atoms with Crippen LogP contribution < -0.4 is 0 Å². The molecule has 1 heterocycles. The average Bonchev–Trinajstić information content (AvgIpc) is 2.73. The van der Waals surface area contributed by atoms with E-state index >= 15 is 0 Å². The van der Waals surface area contributed by atoms with Crippen LogP contribution in [0.2, 0.25) is 0 Å². The molecular formula is C25H41IO5. The number of carbonyl (C=O) groups excluding carboxylic acids is 2. The summed E-state index contributed by atoms with van der Waals surface area (Å²) in [5.74, 6) is -0.347. The van der Waals surface area contributed by atoms with E-state index in [-0.39, 0.29) is 42.2 Å². The third-order valence-electron chi connectivity index (χ3n) is 6.68. The molecule has 0 aromatic carbocycles. The van der Waals surface area contributed by atoms with Gasteiger partial charge in [0.2, 0.25) is 0 Å². The fraction of sp³-hybridized carbons (Fsp3) is 0.760. The molecule has 1 rings (SSSR count). The Morgan fingerprint density at radius 2 is 1.87 bits per heavy atom. The Morgan fingerprint density at radius 1 is 1.23 bits per heavy atom. The molecule has 0 saturated heterocycles. The van der Waals surface area contributed by atoms with Crippen molar-refractivity contribution >= 4 is 34.3 Å². The molecular weight excluding hydrogens is 507 g/mol. The molecule has 0 fully saturated rings. The molecule has 0 radical (unpaired) electrons. The molecule has 6 heteroatoms. The van der Waals surface area contributed by atoms with Crippen molar-refractivity contribution in [2.75, 3.05) is 14.2 Å². The van der Waals surface area contributed by atoms with Gasteiger partial charge in [-0.1, -0.05) is 61.9 Å². The zero-order valence-electron chi connectivity index (χ0n) is 20.5. The second-order valence-corrected chi connectivity index (χ2v) is 10.1. The van der Waals surface area contributed by atoms with Gasteiger partial charge in [-0.3, -0.25) is 9.59 Å². The van der Waals surface area contributed by atoms with Crippen molar-refractivity contribution in [3.05, 3.63) is 21.3 Å². The number of ether oxygens (including phenoxy) is 3. The van der Waals surface area contributed by atoms with Gasteiger partial charge >= 0.3 is 5.97 Å². The van der Waals surface area contributed by atoms with E-state index < -0.39 is 11.5 Å². The van der Waals surface area contributed by atoms with Crippen LogP contribution in [0, 0.1) is 17.3 Å². The van der Waals surface area contributed by atoms with E-state index in [0.717, 1.165) is 24.8 Å². The van der Waals surface area contributed by atoms with Gasteiger partial charge in [-0.25, -0.2) is 0 Å². The first kappa shape index (κ1) is 28.3. The summed E-state index contributed by atoms with van der Waals surface area (Å²) in [6.07, 6.45) is 4.80. The van der Waals surface area contributed by atoms with Crippen molar-refractivity contribution in [2.24, 2.45) is 17.3 Å². The van der Waals surface area contributed by atoms with Crippen molar-refractivity contribution in [1.82, 2.24) is 0 Å². The number of methoxy groups -OCH3 is 2. The zero-order chi connectivity index (χ0) is 23.8. The first-order valence-electron chi connectivity index (χ1n) is 11.2. The van der Waals surface area contributed by atoms with E-state index in [1.165, 1.54) is 5.57 Å². The minimum absolute atomic E-state index is 0.0306. The minimum atomic E-state index is -0.846. The SMILES string of the molecule is COC1C(C)CCC/C(C)=C\CC(/C(C)=C/I)OC(=O)CC(OC)C(C)(C)C(=O)C1C. The highest BCUT2D eigenvalue weighted by Gasteiger charge is 2.43. The Kier molecular flexibility index (Phi) is 12.0. The molecule has 31 heavy (non-hydrogen) atoms. The van der Waals surface area contributed by atoms with Gasteiger partial charge in [0.25, 0.3) is 0 Å². The van der Waals surface area contributed by atoms with Crippen LogP contribution >= 0.6 is 22.6 Å². The molecule has 5 unspecified atom stereocenters. The predicted molar refractivity (Wildman–Crippen MR) is 133 cm³/mol. The third-order valence-corrected chi connectivity index (χ3v) is 7.66. The summed E-state index contributed by atoms with van der Waals surface area (Å²) in [4.78, 5) is 26.3. The van der Waals surface area contributed by atoms with E-state index in [4.69, 9.17) is 14.2 Å². The molecule has 0 saturated carbocycles. The molecule has 5 atom stereocenters. The molecule has 178 valence electrons. The highest BCUT2D eigenvalue weighted by Crippen LogP contribution is 2.34. The second-order valence-electron chi connectivity index (χ2n) is 9.49. The van der Waals surface area contributed by atoms with Gasteiger partial charge < -0.3 is 14.2 Å². The third kappa shape index (κ3) is 7.97. The van der Waals surface area contributed by atoms with Crippen LogP contribution in [0.4, 0.5) is 0 Å². The lowest BCUT2D eigenvalue weighted by Crippen LogP contribution is -2.47. The summed E-state index contributed by atoms with van der Waals surface area (Å²) in [6, 6.07) is 0. The number of Topliss-reactive ketones (excluding diaryl/α,β-unsaturated/α-hetero) is 1. The van der Waals surface area contributed by atoms with E-state index in [1.54, 1.807) is 14.2 Å². The Balaban J connectivity index is 3.29. The van der Waals surface area contributed by atoms with Crippen molar-refractivity contribution in [3.63, 3.8) is 0 Å². The summed E-state index contributed by atoms with van der Waals surface area (Å²) in [7, 11) is 3.22. The molecule has 1 aliphatic rings. The Hall–Kier alpha value is -0.730. The highest BCUT2D eigenvalue weighted by atomic mass is 127. The van der Waals surface area contributed by atoms with Crippen molar-refractivity contribution in [3.8, 4) is 0 Å². The van der Waals surface area contributed by atoms with E-state index in [1.807, 2.05) is 31.8 Å². The van der Waals surface area contributed by atoms with Crippen LogP contribution in [0.3, 0.4) is 0 Å². The van der Waals surface area contributed by atoms with Crippen LogP contribution in [0.15, 0.2) is 21.3 Å². The maximum Gasteiger partial charge on any atom is 0.309 e. The number of halogens is 1. The van der Waals surface area contributed by atoms with Crippen molar-refractivity contribution in [2.45, 2.75) is 92.0 Å². The molecule has 1 aliphatic heterocycles. The van der Waals surface area contributed by atoms with E-state index in [2.05, 4.69) is 42.5 Å². The fourth-order valence-corrected chi connectivity index (χ4v) is 4.89. The molecule has 5 nitrogen and oxygen atoms in total. The lowest BCUT2D eigenvalue weighted by molar-refractivity contribution is -0.156. The lowest BCUT2D eigenvalue weighted by Gasteiger charge is -2.37. The summed E-state index contributed by atoms with van der Waals surface area (Å²) in [6.45, 7) is 11.9. The molecule has 0 spiro atoms. The normalized spacial score (nSPS) is 34.0. The second kappa shape index (κ2) is 13.1. The topological polar surface area (TPSA) is 61.8 Å². The van der Waals surface area contributed by atoms with Crippen molar-refractivity contribution < 1.29 is 23.8 Å². The van der Waals surface area contributed by atoms with Crippen LogP contribution in [0.25, 0.3) is 0 Å². The van der Waals surface area contributed by atoms with E-state index in [9.17, 15) is 9.59 Å². The van der Waals surface area contributed by atoms with Crippen molar-refractivity contribution in [1.29, 1.82) is 0 Å². The molecule has 0 aromatic rings. The number of carbonyl (C=O) groups is 2. The monoisotopic (exact) mass is 548 g/mol. The predicted octanol–water partition coefficient (Wildman–Crippen LogP) is 6.04. The summed E-state index contributed by atoms with van der Waals surface area (Å²) in [5.41, 5.74) is 1.45. The van der Waals surface area contributed by atoms with Crippen LogP contribution in [-0.2, 0) is 23.8 Å². The first-order chi connectivity index (χ1) is 14.5. The van der Waals surface area contributed by atoms with Crippen LogP contribution in [-0.4, -0.2) is 44.3 Å². The Labute approximate surface area is 202 Å². The minimum Gasteiger partial charge on any atom is -0.457 e. The lowest BCUT2D eigenvalue weighted by atomic mass is 9.72. The summed E-state index contributed by atoms with van der Waals surface area (Å²) in [5, 5.41) is 0. The largest absolute Gasteiger partial charge is 0.457 e. The average molecular weight is 549 g/mol. The van der Waals surface area contributed by atoms with Gasteiger partial charge in [-0.2, -0.15) is 0 Å². The fourth-order valence-electron chi connectivity index (χ4n) is 4.49. The first-order valence-corrected chi connectivity index (χ1v) is 12.5. The number of hydrogen-bond acceptors (Lipinski definition) is 5. The van der Waals surface area contributed by atoms with Crippen LogP contribution in [0.1, 0.15) is 73.6 Å². The zero-order valence-corrected chi connectivity index (χ0v) is 22.7. The summed E-state index contributed by atoms with van der Waals surface area (Å²) >= 11 is 2.18. The van der Waals surface area contributed by atoms with Gasteiger partial charge in [-0.05, 0) is 48.7 Å². The molecule has 0 N–H and O–H groups in total. The quantitative estimate of drug-likeness (QED) is 0.244. The number of esters is 1. The van der Waals surface area contributed by atoms with Crippen LogP contribution in [0.5, 0.6) is 0 Å². The smallest absolute Gasteiger partial charge is 0.309 e.